The van der Waals surface area contributed by atoms with Crippen molar-refractivity contribution in [3.8, 4) is 29.5 Å². The average molecular weight is 266 g/mol. The third-order valence-corrected chi connectivity index (χ3v) is 2.53. The number of nitriles is 2. The van der Waals surface area contributed by atoms with Crippen molar-refractivity contribution in [2.75, 3.05) is 12.8 Å². The molecule has 0 saturated carbocycles. The minimum Gasteiger partial charge on any atom is -0.497 e. The van der Waals surface area contributed by atoms with Gasteiger partial charge in [-0.3, -0.25) is 0 Å². The van der Waals surface area contributed by atoms with E-state index < -0.39 is 0 Å². The van der Waals surface area contributed by atoms with Gasteiger partial charge < -0.3 is 15.2 Å². The zero-order chi connectivity index (χ0) is 14.5. The molecule has 0 radical (unpaired) electrons. The predicted molar refractivity (Wildman–Crippen MR) is 71.1 cm³/mol. The first-order valence-electron chi connectivity index (χ1n) is 5.60. The molecule has 2 rings (SSSR count). The summed E-state index contributed by atoms with van der Waals surface area (Å²) in [5, 5.41) is 17.9. The highest BCUT2D eigenvalue weighted by Gasteiger charge is 2.11. The fourth-order valence-electron chi connectivity index (χ4n) is 1.51. The number of nitrogen functional groups attached to an aromatic ring is 1. The molecular formula is C14H10N4O2. The molecule has 0 unspecified atom stereocenters. The minimum atomic E-state index is 0.0232. The zero-order valence-corrected chi connectivity index (χ0v) is 10.6. The maximum absolute atomic E-state index is 9.05. The normalized spacial score (nSPS) is 9.35. The number of rotatable bonds is 3. The monoisotopic (exact) mass is 266 g/mol. The van der Waals surface area contributed by atoms with Gasteiger partial charge in [0.25, 0.3) is 0 Å². The third kappa shape index (κ3) is 2.60. The number of aromatic nitrogens is 1. The van der Waals surface area contributed by atoms with Crippen molar-refractivity contribution in [2.45, 2.75) is 0 Å². The molecule has 0 spiro atoms. The zero-order valence-electron chi connectivity index (χ0n) is 10.6. The predicted octanol–water partition coefficient (Wildman–Crippen LogP) is 2.21. The highest BCUT2D eigenvalue weighted by Crippen LogP contribution is 2.27. The van der Waals surface area contributed by atoms with Crippen LogP contribution in [0.1, 0.15) is 11.1 Å². The van der Waals surface area contributed by atoms with Gasteiger partial charge in [-0.05, 0) is 30.3 Å². The number of pyridine rings is 1. The van der Waals surface area contributed by atoms with E-state index in [1.54, 1.807) is 31.4 Å². The second-order valence-electron chi connectivity index (χ2n) is 3.78. The molecule has 1 aromatic carbocycles. The standard InChI is InChI=1S/C14H10N4O2/c1-19-11-2-4-12(5-3-11)20-14-10(8-16)6-9(7-15)13(17)18-14/h2-6H,1H3,(H2,17,18). The molecule has 0 bridgehead atoms. The average Bonchev–Trinajstić information content (AvgIpc) is 2.48. The molecule has 0 aliphatic heterocycles. The molecule has 1 aromatic heterocycles. The summed E-state index contributed by atoms with van der Waals surface area (Å²) >= 11 is 0. The van der Waals surface area contributed by atoms with Crippen LogP contribution in [0.5, 0.6) is 17.4 Å². The molecule has 2 aromatic rings. The first-order chi connectivity index (χ1) is 9.67. The topological polar surface area (TPSA) is 105 Å². The second-order valence-corrected chi connectivity index (χ2v) is 3.78. The van der Waals surface area contributed by atoms with Crippen molar-refractivity contribution in [1.82, 2.24) is 4.98 Å². The molecule has 0 atom stereocenters. The van der Waals surface area contributed by atoms with Crippen LogP contribution in [0.4, 0.5) is 5.82 Å². The van der Waals surface area contributed by atoms with Crippen LogP contribution < -0.4 is 15.2 Å². The van der Waals surface area contributed by atoms with Gasteiger partial charge in [-0.2, -0.15) is 15.5 Å². The van der Waals surface area contributed by atoms with Gasteiger partial charge in [0.15, 0.2) is 0 Å². The molecule has 20 heavy (non-hydrogen) atoms. The van der Waals surface area contributed by atoms with E-state index in [0.29, 0.717) is 11.5 Å². The van der Waals surface area contributed by atoms with Crippen LogP contribution in [0.3, 0.4) is 0 Å². The molecule has 0 aliphatic rings. The van der Waals surface area contributed by atoms with Gasteiger partial charge in [-0.15, -0.1) is 0 Å². The number of nitrogens with two attached hydrogens (primary N) is 1. The second kappa shape index (κ2) is 5.59. The fourth-order valence-corrected chi connectivity index (χ4v) is 1.51. The van der Waals surface area contributed by atoms with Crippen LogP contribution in [-0.4, -0.2) is 12.1 Å². The molecular weight excluding hydrogens is 256 g/mol. The van der Waals surface area contributed by atoms with Gasteiger partial charge in [0.1, 0.15) is 35.0 Å². The van der Waals surface area contributed by atoms with Gasteiger partial charge in [-0.25, -0.2) is 0 Å². The van der Waals surface area contributed by atoms with Gasteiger partial charge in [0.05, 0.1) is 12.7 Å². The van der Waals surface area contributed by atoms with Crippen molar-refractivity contribution in [3.63, 3.8) is 0 Å². The molecule has 6 nitrogen and oxygen atoms in total. The number of nitrogens with zero attached hydrogens (tertiary/aromatic N) is 3. The van der Waals surface area contributed by atoms with Crippen molar-refractivity contribution >= 4 is 5.82 Å². The largest absolute Gasteiger partial charge is 0.497 e. The summed E-state index contributed by atoms with van der Waals surface area (Å²) in [6.45, 7) is 0. The third-order valence-electron chi connectivity index (χ3n) is 2.53. The van der Waals surface area contributed by atoms with Crippen molar-refractivity contribution < 1.29 is 9.47 Å². The van der Waals surface area contributed by atoms with Gasteiger partial charge in [0, 0.05) is 0 Å². The molecule has 0 amide bonds. The summed E-state index contributed by atoms with van der Waals surface area (Å²) in [4.78, 5) is 3.93. The van der Waals surface area contributed by atoms with E-state index in [-0.39, 0.29) is 22.8 Å². The van der Waals surface area contributed by atoms with Crippen LogP contribution in [0, 0.1) is 22.7 Å². The number of hydrogen-bond donors (Lipinski definition) is 1. The Morgan fingerprint density at radius 1 is 1.05 bits per heavy atom. The molecule has 0 aliphatic carbocycles. The smallest absolute Gasteiger partial charge is 0.239 e. The van der Waals surface area contributed by atoms with Crippen molar-refractivity contribution in [2.24, 2.45) is 0 Å². The summed E-state index contributed by atoms with van der Waals surface area (Å²) in [5.74, 6) is 1.26. The highest BCUT2D eigenvalue weighted by molar-refractivity contribution is 5.56. The molecule has 6 heteroatoms. The van der Waals surface area contributed by atoms with E-state index >= 15 is 0 Å². The summed E-state index contributed by atoms with van der Waals surface area (Å²) in [6, 6.07) is 11.9. The Morgan fingerprint density at radius 3 is 2.20 bits per heavy atom. The Kier molecular flexibility index (Phi) is 3.69. The Balaban J connectivity index is 2.35. The molecule has 98 valence electrons. The summed E-state index contributed by atoms with van der Waals surface area (Å²) in [5.41, 5.74) is 5.90. The molecule has 2 N–H and O–H groups in total. The van der Waals surface area contributed by atoms with Crippen LogP contribution >= 0.6 is 0 Å². The number of ether oxygens (including phenoxy) is 2. The van der Waals surface area contributed by atoms with Crippen LogP contribution in [0.2, 0.25) is 0 Å². The number of anilines is 1. The van der Waals surface area contributed by atoms with Crippen molar-refractivity contribution in [3.05, 3.63) is 41.5 Å². The molecule has 0 saturated heterocycles. The number of methoxy groups -OCH3 is 1. The lowest BCUT2D eigenvalue weighted by molar-refractivity contribution is 0.412. The lowest BCUT2D eigenvalue weighted by Crippen LogP contribution is -2.00. The minimum absolute atomic E-state index is 0.0232. The lowest BCUT2D eigenvalue weighted by atomic mass is 10.2. The van der Waals surface area contributed by atoms with Crippen LogP contribution in [0.25, 0.3) is 0 Å². The summed E-state index contributed by atoms with van der Waals surface area (Å²) in [7, 11) is 1.56. The Hall–Kier alpha value is -3.25. The molecule has 0 fully saturated rings. The Morgan fingerprint density at radius 2 is 1.65 bits per heavy atom. The fraction of sp³-hybridized carbons (Fsp3) is 0.0714. The van der Waals surface area contributed by atoms with Gasteiger partial charge in [0.2, 0.25) is 5.88 Å². The Bertz CT molecular complexity index is 712. The Labute approximate surface area is 115 Å². The SMILES string of the molecule is COc1ccc(Oc2nc(N)c(C#N)cc2C#N)cc1. The van der Waals surface area contributed by atoms with E-state index in [4.69, 9.17) is 25.7 Å². The first-order valence-corrected chi connectivity index (χ1v) is 5.60. The van der Waals surface area contributed by atoms with Gasteiger partial charge >= 0.3 is 0 Å². The summed E-state index contributed by atoms with van der Waals surface area (Å²) in [6.07, 6.45) is 0. The quantitative estimate of drug-likeness (QED) is 0.913. The van der Waals surface area contributed by atoms with E-state index in [0.717, 1.165) is 0 Å². The van der Waals surface area contributed by atoms with E-state index in [1.165, 1.54) is 6.07 Å². The first kappa shape index (κ1) is 13.2. The van der Waals surface area contributed by atoms with E-state index in [9.17, 15) is 0 Å². The maximum atomic E-state index is 9.05. The molecule has 1 heterocycles. The van der Waals surface area contributed by atoms with Crippen LogP contribution in [0.15, 0.2) is 30.3 Å². The van der Waals surface area contributed by atoms with E-state index in [1.807, 2.05) is 12.1 Å². The maximum Gasteiger partial charge on any atom is 0.239 e. The highest BCUT2D eigenvalue weighted by atomic mass is 16.5. The lowest BCUT2D eigenvalue weighted by Gasteiger charge is -2.08. The van der Waals surface area contributed by atoms with Crippen molar-refractivity contribution in [1.29, 1.82) is 10.5 Å². The summed E-state index contributed by atoms with van der Waals surface area (Å²) < 4.78 is 10.5. The number of benzene rings is 1. The van der Waals surface area contributed by atoms with E-state index in [2.05, 4.69) is 4.98 Å². The van der Waals surface area contributed by atoms with Gasteiger partial charge in [-0.1, -0.05) is 0 Å². The van der Waals surface area contributed by atoms with Crippen LogP contribution in [-0.2, 0) is 0 Å². The number of hydrogen-bond acceptors (Lipinski definition) is 6.